The first-order valence-electron chi connectivity index (χ1n) is 9.52. The molecule has 3 heterocycles. The van der Waals surface area contributed by atoms with Crippen LogP contribution in [0.2, 0.25) is 0 Å². The van der Waals surface area contributed by atoms with Crippen molar-refractivity contribution in [1.29, 1.82) is 0 Å². The molecule has 3 aromatic rings. The number of aliphatic hydroxyl groups is 1. The summed E-state index contributed by atoms with van der Waals surface area (Å²) >= 11 is 0. The molecule has 0 radical (unpaired) electrons. The molecule has 5 rings (SSSR count). The van der Waals surface area contributed by atoms with E-state index in [9.17, 15) is 5.11 Å². The molecule has 2 fully saturated rings. The summed E-state index contributed by atoms with van der Waals surface area (Å²) in [6.45, 7) is 1.01. The molecule has 6 heteroatoms. The smallest absolute Gasteiger partial charge is 0.197 e. The van der Waals surface area contributed by atoms with Gasteiger partial charge in [0, 0.05) is 18.1 Å². The van der Waals surface area contributed by atoms with Crippen LogP contribution >= 0.6 is 0 Å². The average molecular weight is 378 g/mol. The number of pyridine rings is 1. The summed E-state index contributed by atoms with van der Waals surface area (Å²) in [5, 5.41) is 15.5. The van der Waals surface area contributed by atoms with Gasteiger partial charge in [-0.1, -0.05) is 36.4 Å². The fourth-order valence-corrected chi connectivity index (χ4v) is 3.87. The predicted molar refractivity (Wildman–Crippen MR) is 104 cm³/mol. The number of benzene rings is 2. The average Bonchev–Trinajstić information content (AvgIpc) is 3.17. The molecule has 28 heavy (non-hydrogen) atoms. The monoisotopic (exact) mass is 378 g/mol. The number of ether oxygens (including phenoxy) is 3. The largest absolute Gasteiger partial charge is 0.482 e. The second-order valence-corrected chi connectivity index (χ2v) is 7.21. The molecule has 0 spiro atoms. The van der Waals surface area contributed by atoms with Crippen molar-refractivity contribution in [3.8, 4) is 5.75 Å². The highest BCUT2D eigenvalue weighted by Crippen LogP contribution is 2.31. The number of aliphatic hydroxyl groups excluding tert-OH is 1. The van der Waals surface area contributed by atoms with Crippen LogP contribution in [0.25, 0.3) is 10.9 Å². The fraction of sp³-hybridized carbons (Fsp3) is 0.318. The van der Waals surface area contributed by atoms with Gasteiger partial charge in [0.2, 0.25) is 0 Å². The molecule has 0 aliphatic carbocycles. The van der Waals surface area contributed by atoms with Crippen molar-refractivity contribution < 1.29 is 19.3 Å². The van der Waals surface area contributed by atoms with Crippen molar-refractivity contribution >= 4 is 10.9 Å². The maximum Gasteiger partial charge on any atom is 0.197 e. The van der Waals surface area contributed by atoms with Gasteiger partial charge in [0.25, 0.3) is 0 Å². The van der Waals surface area contributed by atoms with Crippen molar-refractivity contribution in [3.05, 3.63) is 72.4 Å². The van der Waals surface area contributed by atoms with Crippen molar-refractivity contribution in [2.24, 2.45) is 0 Å². The number of fused-ring (bicyclic) bond motifs is 3. The molecule has 0 unspecified atom stereocenters. The molecule has 1 aromatic heterocycles. The van der Waals surface area contributed by atoms with E-state index in [4.69, 9.17) is 14.2 Å². The summed E-state index contributed by atoms with van der Waals surface area (Å²) in [7, 11) is 0. The maximum atomic E-state index is 11.0. The summed E-state index contributed by atoms with van der Waals surface area (Å²) in [5.74, 6) is 0.682. The Labute approximate surface area is 163 Å². The van der Waals surface area contributed by atoms with E-state index in [-0.39, 0.29) is 12.1 Å². The molecule has 0 amide bonds. The lowest BCUT2D eigenvalue weighted by Gasteiger charge is -2.38. The number of rotatable bonds is 5. The molecular formula is C22H22N2O4. The lowest BCUT2D eigenvalue weighted by atomic mass is 9.97. The van der Waals surface area contributed by atoms with Gasteiger partial charge in [-0.15, -0.1) is 0 Å². The molecule has 5 atom stereocenters. The zero-order valence-electron chi connectivity index (χ0n) is 15.3. The fourth-order valence-electron chi connectivity index (χ4n) is 3.87. The Morgan fingerprint density at radius 1 is 1.11 bits per heavy atom. The molecule has 2 aliphatic heterocycles. The molecule has 2 saturated heterocycles. The highest BCUT2D eigenvalue weighted by molar-refractivity contribution is 5.78. The van der Waals surface area contributed by atoms with E-state index in [0.717, 1.165) is 16.5 Å². The number of nitrogens with zero attached hydrogens (tertiary/aromatic N) is 1. The SMILES string of the molecule is O[C@H]1[C@H](NCc2cnc3ccccc3c2)[C@@H]2CO[C@H](O2)[C@H]1Oc1ccccc1. The van der Waals surface area contributed by atoms with Crippen LogP contribution in [0.4, 0.5) is 0 Å². The molecule has 144 valence electrons. The van der Waals surface area contributed by atoms with Crippen LogP contribution < -0.4 is 10.1 Å². The van der Waals surface area contributed by atoms with Crippen molar-refractivity contribution in [2.75, 3.05) is 6.61 Å². The zero-order chi connectivity index (χ0) is 18.9. The molecule has 2 aliphatic rings. The van der Waals surface area contributed by atoms with Crippen LogP contribution in [0, 0.1) is 0 Å². The molecule has 2 N–H and O–H groups in total. The third-order valence-corrected chi connectivity index (χ3v) is 5.31. The second-order valence-electron chi connectivity index (χ2n) is 7.21. The van der Waals surface area contributed by atoms with Gasteiger partial charge in [-0.2, -0.15) is 0 Å². The summed E-state index contributed by atoms with van der Waals surface area (Å²) < 4.78 is 17.6. The van der Waals surface area contributed by atoms with Gasteiger partial charge in [-0.05, 0) is 29.8 Å². The van der Waals surface area contributed by atoms with Crippen molar-refractivity contribution in [1.82, 2.24) is 10.3 Å². The highest BCUT2D eigenvalue weighted by atomic mass is 16.7. The topological polar surface area (TPSA) is 72.8 Å². The Hall–Kier alpha value is -2.51. The first kappa shape index (κ1) is 17.6. The summed E-state index contributed by atoms with van der Waals surface area (Å²) in [6, 6.07) is 19.3. The minimum Gasteiger partial charge on any atom is -0.482 e. The van der Waals surface area contributed by atoms with E-state index in [1.165, 1.54) is 0 Å². The minimum absolute atomic E-state index is 0.205. The van der Waals surface area contributed by atoms with Gasteiger partial charge in [0.05, 0.1) is 18.2 Å². The predicted octanol–water partition coefficient (Wildman–Crippen LogP) is 2.26. The van der Waals surface area contributed by atoms with Crippen LogP contribution in [0.15, 0.2) is 66.9 Å². The van der Waals surface area contributed by atoms with Crippen LogP contribution in [-0.2, 0) is 16.0 Å². The normalized spacial score (nSPS) is 29.1. The van der Waals surface area contributed by atoms with Gasteiger partial charge < -0.3 is 24.6 Å². The number of hydrogen-bond acceptors (Lipinski definition) is 6. The Bertz CT molecular complexity index is 951. The van der Waals surface area contributed by atoms with E-state index in [2.05, 4.69) is 16.4 Å². The molecule has 2 bridgehead atoms. The third-order valence-electron chi connectivity index (χ3n) is 5.31. The Balaban J connectivity index is 1.31. The zero-order valence-corrected chi connectivity index (χ0v) is 15.3. The van der Waals surface area contributed by atoms with E-state index in [1.54, 1.807) is 0 Å². The Morgan fingerprint density at radius 2 is 1.93 bits per heavy atom. The Morgan fingerprint density at radius 3 is 2.82 bits per heavy atom. The lowest BCUT2D eigenvalue weighted by Crippen LogP contribution is -2.61. The van der Waals surface area contributed by atoms with Gasteiger partial charge in [-0.3, -0.25) is 4.98 Å². The van der Waals surface area contributed by atoms with Gasteiger partial charge in [0.1, 0.15) is 18.0 Å². The van der Waals surface area contributed by atoms with Crippen LogP contribution in [0.3, 0.4) is 0 Å². The first-order valence-corrected chi connectivity index (χ1v) is 9.52. The van der Waals surface area contributed by atoms with E-state index < -0.39 is 18.5 Å². The van der Waals surface area contributed by atoms with E-state index in [0.29, 0.717) is 18.9 Å². The Kier molecular flexibility index (Phi) is 4.70. The number of aromatic nitrogens is 1. The second kappa shape index (κ2) is 7.48. The minimum atomic E-state index is -0.750. The third kappa shape index (κ3) is 3.36. The molecule has 6 nitrogen and oxygen atoms in total. The van der Waals surface area contributed by atoms with E-state index in [1.807, 2.05) is 60.8 Å². The van der Waals surface area contributed by atoms with Crippen LogP contribution in [0.5, 0.6) is 5.75 Å². The lowest BCUT2D eigenvalue weighted by molar-refractivity contribution is -0.193. The van der Waals surface area contributed by atoms with Gasteiger partial charge in [0.15, 0.2) is 12.4 Å². The number of para-hydroxylation sites is 2. The van der Waals surface area contributed by atoms with E-state index >= 15 is 0 Å². The standard InChI is InChI=1S/C22H22N2O4/c25-20-19(24-12-14-10-15-6-4-5-9-17(15)23-11-14)18-13-26-22(28-18)21(20)27-16-7-2-1-3-8-16/h1-11,18-22,24-25H,12-13H2/t18-,19+,20-,21-,22+/m0/s1. The van der Waals surface area contributed by atoms with Crippen molar-refractivity contribution in [3.63, 3.8) is 0 Å². The molecule has 2 aromatic carbocycles. The van der Waals surface area contributed by atoms with Crippen LogP contribution in [0.1, 0.15) is 5.56 Å². The highest BCUT2D eigenvalue weighted by Gasteiger charge is 2.51. The first-order chi connectivity index (χ1) is 13.8. The van der Waals surface area contributed by atoms with Gasteiger partial charge in [-0.25, -0.2) is 0 Å². The van der Waals surface area contributed by atoms with Gasteiger partial charge >= 0.3 is 0 Å². The molecule has 0 saturated carbocycles. The summed E-state index contributed by atoms with van der Waals surface area (Å²) in [5.41, 5.74) is 2.02. The summed E-state index contributed by atoms with van der Waals surface area (Å²) in [4.78, 5) is 4.50. The number of nitrogens with one attached hydrogen (secondary N) is 1. The number of hydrogen-bond donors (Lipinski definition) is 2. The quantitative estimate of drug-likeness (QED) is 0.710. The van der Waals surface area contributed by atoms with Crippen LogP contribution in [-0.4, -0.2) is 47.3 Å². The maximum absolute atomic E-state index is 11.0. The van der Waals surface area contributed by atoms with Crippen molar-refractivity contribution in [2.45, 2.75) is 37.2 Å². The summed E-state index contributed by atoms with van der Waals surface area (Å²) in [6.07, 6.45) is -0.241. The molecular weight excluding hydrogens is 356 g/mol.